The Morgan fingerprint density at radius 3 is 2.58 bits per heavy atom. The maximum atomic E-state index is 13.0. The minimum atomic E-state index is -0.855. The number of hydrogen-bond acceptors (Lipinski definition) is 2. The molecule has 3 N–H and O–H groups in total. The zero-order valence-electron chi connectivity index (χ0n) is 11.3. The van der Waals surface area contributed by atoms with Gasteiger partial charge in [0.05, 0.1) is 0 Å². The quantitative estimate of drug-likeness (QED) is 0.832. The average molecular weight is 270 g/mol. The molecule has 1 amide bonds. The van der Waals surface area contributed by atoms with Gasteiger partial charge in [-0.05, 0) is 44.4 Å². The largest absolute Gasteiger partial charge is 0.350 e. The standard InChI is InChI=1S/C14H20F2N2O/c1-14(2,9-17)18-13(19)5-3-4-10-6-7-11(15)12(16)8-10/h6-8H,3-5,9,17H2,1-2H3,(H,18,19). The number of benzene rings is 1. The lowest BCUT2D eigenvalue weighted by atomic mass is 10.0. The van der Waals surface area contributed by atoms with E-state index in [0.717, 1.165) is 12.1 Å². The highest BCUT2D eigenvalue weighted by atomic mass is 19.2. The SMILES string of the molecule is CC(C)(CN)NC(=O)CCCc1ccc(F)c(F)c1. The van der Waals surface area contributed by atoms with Gasteiger partial charge in [-0.2, -0.15) is 0 Å². The lowest BCUT2D eigenvalue weighted by Crippen LogP contribution is -2.48. The smallest absolute Gasteiger partial charge is 0.220 e. The molecule has 106 valence electrons. The zero-order chi connectivity index (χ0) is 14.5. The van der Waals surface area contributed by atoms with Crippen LogP contribution in [0, 0.1) is 11.6 Å². The van der Waals surface area contributed by atoms with E-state index in [1.165, 1.54) is 6.07 Å². The fourth-order valence-corrected chi connectivity index (χ4v) is 1.64. The molecular formula is C14H20F2N2O. The van der Waals surface area contributed by atoms with E-state index in [2.05, 4.69) is 5.32 Å². The predicted molar refractivity (Wildman–Crippen MR) is 70.6 cm³/mol. The van der Waals surface area contributed by atoms with Gasteiger partial charge >= 0.3 is 0 Å². The van der Waals surface area contributed by atoms with Crippen molar-refractivity contribution in [2.45, 2.75) is 38.6 Å². The van der Waals surface area contributed by atoms with Crippen molar-refractivity contribution in [3.05, 3.63) is 35.4 Å². The van der Waals surface area contributed by atoms with Gasteiger partial charge in [0.1, 0.15) is 0 Å². The molecule has 19 heavy (non-hydrogen) atoms. The Labute approximate surface area is 112 Å². The molecule has 0 radical (unpaired) electrons. The summed E-state index contributed by atoms with van der Waals surface area (Å²) < 4.78 is 25.7. The molecule has 0 unspecified atom stereocenters. The topological polar surface area (TPSA) is 55.1 Å². The number of nitrogens with two attached hydrogens (primary N) is 1. The number of amides is 1. The first-order valence-electron chi connectivity index (χ1n) is 6.29. The summed E-state index contributed by atoms with van der Waals surface area (Å²) in [6, 6.07) is 3.79. The molecule has 1 rings (SSSR count). The molecule has 5 heteroatoms. The third-order valence-electron chi connectivity index (χ3n) is 2.84. The summed E-state index contributed by atoms with van der Waals surface area (Å²) in [5, 5.41) is 2.81. The molecular weight excluding hydrogens is 250 g/mol. The van der Waals surface area contributed by atoms with Crippen LogP contribution in [0.25, 0.3) is 0 Å². The molecule has 0 aliphatic rings. The Balaban J connectivity index is 2.38. The van der Waals surface area contributed by atoms with Crippen LogP contribution in [0.5, 0.6) is 0 Å². The summed E-state index contributed by atoms with van der Waals surface area (Å²) >= 11 is 0. The van der Waals surface area contributed by atoms with E-state index in [9.17, 15) is 13.6 Å². The Morgan fingerprint density at radius 1 is 1.32 bits per heavy atom. The minimum Gasteiger partial charge on any atom is -0.350 e. The molecule has 0 aliphatic heterocycles. The summed E-state index contributed by atoms with van der Waals surface area (Å²) in [5.41, 5.74) is 5.78. The average Bonchev–Trinajstić information content (AvgIpc) is 2.33. The fourth-order valence-electron chi connectivity index (χ4n) is 1.64. The van der Waals surface area contributed by atoms with Crippen molar-refractivity contribution in [1.29, 1.82) is 0 Å². The Hall–Kier alpha value is -1.49. The Morgan fingerprint density at radius 2 is 2.00 bits per heavy atom. The van der Waals surface area contributed by atoms with Crippen LogP contribution in [0.2, 0.25) is 0 Å². The van der Waals surface area contributed by atoms with Gasteiger partial charge in [0.25, 0.3) is 0 Å². The van der Waals surface area contributed by atoms with Crippen molar-refractivity contribution in [1.82, 2.24) is 5.32 Å². The van der Waals surface area contributed by atoms with Crippen LogP contribution in [0.15, 0.2) is 18.2 Å². The number of carbonyl (C=O) groups is 1. The second-order valence-corrected chi connectivity index (χ2v) is 5.24. The molecule has 0 atom stereocenters. The predicted octanol–water partition coefficient (Wildman–Crippen LogP) is 2.14. The van der Waals surface area contributed by atoms with Crippen molar-refractivity contribution >= 4 is 5.91 Å². The van der Waals surface area contributed by atoms with Gasteiger partial charge in [0.2, 0.25) is 5.91 Å². The molecule has 0 spiro atoms. The van der Waals surface area contributed by atoms with Crippen LogP contribution in [0.3, 0.4) is 0 Å². The van der Waals surface area contributed by atoms with E-state index < -0.39 is 17.2 Å². The van der Waals surface area contributed by atoms with Crippen LogP contribution in [0.1, 0.15) is 32.3 Å². The van der Waals surface area contributed by atoms with Crippen LogP contribution >= 0.6 is 0 Å². The van der Waals surface area contributed by atoms with E-state index in [-0.39, 0.29) is 5.91 Å². The second-order valence-electron chi connectivity index (χ2n) is 5.24. The summed E-state index contributed by atoms with van der Waals surface area (Å²) in [4.78, 5) is 11.6. The number of aryl methyl sites for hydroxylation is 1. The number of nitrogens with one attached hydrogen (secondary N) is 1. The zero-order valence-corrected chi connectivity index (χ0v) is 11.3. The van der Waals surface area contributed by atoms with Gasteiger partial charge in [-0.1, -0.05) is 6.07 Å². The van der Waals surface area contributed by atoms with Crippen LogP contribution in [-0.2, 0) is 11.2 Å². The molecule has 0 fully saturated rings. The van der Waals surface area contributed by atoms with Crippen LogP contribution in [-0.4, -0.2) is 18.0 Å². The lowest BCUT2D eigenvalue weighted by molar-refractivity contribution is -0.122. The van der Waals surface area contributed by atoms with Crippen LogP contribution < -0.4 is 11.1 Å². The normalized spacial score (nSPS) is 11.4. The molecule has 0 saturated heterocycles. The number of hydrogen-bond donors (Lipinski definition) is 2. The van der Waals surface area contributed by atoms with Crippen molar-refractivity contribution in [2.24, 2.45) is 5.73 Å². The van der Waals surface area contributed by atoms with Crippen molar-refractivity contribution in [3.8, 4) is 0 Å². The number of rotatable bonds is 6. The first-order chi connectivity index (χ1) is 8.84. The first kappa shape index (κ1) is 15.6. The Kier molecular flexibility index (Phi) is 5.42. The van der Waals surface area contributed by atoms with E-state index in [0.29, 0.717) is 31.4 Å². The van der Waals surface area contributed by atoms with Gasteiger partial charge in [-0.3, -0.25) is 4.79 Å². The molecule has 0 heterocycles. The number of halogens is 2. The minimum absolute atomic E-state index is 0.0852. The van der Waals surface area contributed by atoms with Crippen molar-refractivity contribution in [3.63, 3.8) is 0 Å². The lowest BCUT2D eigenvalue weighted by Gasteiger charge is -2.24. The van der Waals surface area contributed by atoms with E-state index in [1.54, 1.807) is 0 Å². The van der Waals surface area contributed by atoms with Crippen molar-refractivity contribution in [2.75, 3.05) is 6.54 Å². The number of carbonyl (C=O) groups excluding carboxylic acids is 1. The Bertz CT molecular complexity index is 447. The van der Waals surface area contributed by atoms with E-state index in [1.807, 2.05) is 13.8 Å². The molecule has 1 aromatic carbocycles. The monoisotopic (exact) mass is 270 g/mol. The van der Waals surface area contributed by atoms with Gasteiger partial charge in [0.15, 0.2) is 11.6 Å². The molecule has 1 aromatic rings. The maximum Gasteiger partial charge on any atom is 0.220 e. The highest BCUT2D eigenvalue weighted by molar-refractivity contribution is 5.76. The molecule has 0 aromatic heterocycles. The summed E-state index contributed by atoms with van der Waals surface area (Å²) in [7, 11) is 0. The molecule has 0 aliphatic carbocycles. The van der Waals surface area contributed by atoms with Gasteiger partial charge in [-0.15, -0.1) is 0 Å². The van der Waals surface area contributed by atoms with E-state index in [4.69, 9.17) is 5.73 Å². The highest BCUT2D eigenvalue weighted by Gasteiger charge is 2.17. The summed E-state index contributed by atoms with van der Waals surface area (Å²) in [5.74, 6) is -1.80. The highest BCUT2D eigenvalue weighted by Crippen LogP contribution is 2.11. The molecule has 0 bridgehead atoms. The first-order valence-corrected chi connectivity index (χ1v) is 6.29. The van der Waals surface area contributed by atoms with Gasteiger partial charge in [0, 0.05) is 18.5 Å². The fraction of sp³-hybridized carbons (Fsp3) is 0.500. The third kappa shape index (κ3) is 5.34. The van der Waals surface area contributed by atoms with Gasteiger partial charge in [-0.25, -0.2) is 8.78 Å². The van der Waals surface area contributed by atoms with E-state index >= 15 is 0 Å². The molecule has 0 saturated carbocycles. The third-order valence-corrected chi connectivity index (χ3v) is 2.84. The van der Waals surface area contributed by atoms with Crippen molar-refractivity contribution < 1.29 is 13.6 Å². The second kappa shape index (κ2) is 6.61. The van der Waals surface area contributed by atoms with Gasteiger partial charge < -0.3 is 11.1 Å². The summed E-state index contributed by atoms with van der Waals surface area (Å²) in [6.45, 7) is 4.06. The summed E-state index contributed by atoms with van der Waals surface area (Å²) in [6.07, 6.45) is 1.45. The maximum absolute atomic E-state index is 13.0. The molecule has 3 nitrogen and oxygen atoms in total. The van der Waals surface area contributed by atoms with Crippen LogP contribution in [0.4, 0.5) is 8.78 Å².